The SMILES string of the molecule is NC(=NC(=NCCC1=CC=CCC=C1)c1ccccc1)c1ccc(-c2cc(Cl)ccc2O)cc1. The quantitative estimate of drug-likeness (QED) is 0.313. The normalized spacial score (nSPS) is 14.1. The third kappa shape index (κ3) is 6.12. The van der Waals surface area contributed by atoms with Crippen LogP contribution < -0.4 is 5.73 Å². The van der Waals surface area contributed by atoms with Crippen molar-refractivity contribution >= 4 is 23.3 Å². The highest BCUT2D eigenvalue weighted by atomic mass is 35.5. The van der Waals surface area contributed by atoms with Crippen molar-refractivity contribution in [2.75, 3.05) is 6.54 Å². The molecule has 5 heteroatoms. The van der Waals surface area contributed by atoms with Crippen molar-refractivity contribution in [2.24, 2.45) is 15.7 Å². The van der Waals surface area contributed by atoms with Crippen LogP contribution in [-0.2, 0) is 0 Å². The number of hydrogen-bond acceptors (Lipinski definition) is 2. The fraction of sp³-hybridized carbons (Fsp3) is 0.103. The molecule has 34 heavy (non-hydrogen) atoms. The molecule has 4 rings (SSSR count). The largest absolute Gasteiger partial charge is 0.507 e. The predicted octanol–water partition coefficient (Wildman–Crippen LogP) is 6.70. The molecule has 1 aliphatic carbocycles. The lowest BCUT2D eigenvalue weighted by molar-refractivity contribution is 0.477. The molecule has 0 unspecified atom stereocenters. The van der Waals surface area contributed by atoms with Crippen molar-refractivity contribution in [1.29, 1.82) is 0 Å². The first-order valence-electron chi connectivity index (χ1n) is 11.2. The van der Waals surface area contributed by atoms with Crippen molar-refractivity contribution in [2.45, 2.75) is 12.8 Å². The molecular weight excluding hydrogens is 442 g/mol. The van der Waals surface area contributed by atoms with E-state index < -0.39 is 0 Å². The monoisotopic (exact) mass is 467 g/mol. The molecular formula is C29H26ClN3O. The number of aromatic hydroxyl groups is 1. The van der Waals surface area contributed by atoms with Crippen LogP contribution in [0.15, 0.2) is 119 Å². The van der Waals surface area contributed by atoms with Crippen LogP contribution in [0.3, 0.4) is 0 Å². The van der Waals surface area contributed by atoms with E-state index in [0.717, 1.165) is 29.5 Å². The first-order valence-corrected chi connectivity index (χ1v) is 11.5. The number of phenolic OH excluding ortho intramolecular Hbond substituents is 1. The maximum absolute atomic E-state index is 10.2. The maximum atomic E-state index is 10.2. The van der Waals surface area contributed by atoms with Crippen molar-refractivity contribution in [1.82, 2.24) is 0 Å². The smallest absolute Gasteiger partial charge is 0.157 e. The number of aliphatic imine (C=N–C) groups is 2. The molecule has 0 saturated heterocycles. The highest BCUT2D eigenvalue weighted by Gasteiger charge is 2.08. The van der Waals surface area contributed by atoms with Crippen LogP contribution in [-0.4, -0.2) is 23.3 Å². The van der Waals surface area contributed by atoms with Gasteiger partial charge in [-0.2, -0.15) is 0 Å². The minimum Gasteiger partial charge on any atom is -0.507 e. The van der Waals surface area contributed by atoms with Gasteiger partial charge >= 0.3 is 0 Å². The summed E-state index contributed by atoms with van der Waals surface area (Å²) in [6, 6.07) is 22.4. The Labute approximate surface area is 205 Å². The highest BCUT2D eigenvalue weighted by molar-refractivity contribution is 6.31. The summed E-state index contributed by atoms with van der Waals surface area (Å²) < 4.78 is 0. The van der Waals surface area contributed by atoms with E-state index in [0.29, 0.717) is 28.8 Å². The van der Waals surface area contributed by atoms with Crippen molar-refractivity contribution in [3.8, 4) is 16.9 Å². The summed E-state index contributed by atoms with van der Waals surface area (Å²) in [6.45, 7) is 0.609. The summed E-state index contributed by atoms with van der Waals surface area (Å²) in [6.07, 6.45) is 12.4. The van der Waals surface area contributed by atoms with E-state index >= 15 is 0 Å². The Bertz CT molecular complexity index is 1290. The highest BCUT2D eigenvalue weighted by Crippen LogP contribution is 2.31. The Balaban J connectivity index is 1.57. The summed E-state index contributed by atoms with van der Waals surface area (Å²) in [5, 5.41) is 10.7. The van der Waals surface area contributed by atoms with Gasteiger partial charge in [-0.1, -0.05) is 96.6 Å². The Morgan fingerprint density at radius 3 is 2.53 bits per heavy atom. The third-order valence-corrected chi connectivity index (χ3v) is 5.66. The van der Waals surface area contributed by atoms with E-state index in [4.69, 9.17) is 22.3 Å². The number of halogens is 1. The molecule has 0 radical (unpaired) electrons. The summed E-state index contributed by atoms with van der Waals surface area (Å²) in [5.41, 5.74) is 10.8. The summed E-state index contributed by atoms with van der Waals surface area (Å²) in [4.78, 5) is 9.45. The Kier molecular flexibility index (Phi) is 7.74. The first-order chi connectivity index (χ1) is 16.6. The van der Waals surface area contributed by atoms with Crippen LogP contribution in [0.2, 0.25) is 5.02 Å². The van der Waals surface area contributed by atoms with Crippen LogP contribution in [0.1, 0.15) is 24.0 Å². The third-order valence-electron chi connectivity index (χ3n) is 5.42. The molecule has 170 valence electrons. The fourth-order valence-corrected chi connectivity index (χ4v) is 3.77. The van der Waals surface area contributed by atoms with E-state index in [9.17, 15) is 5.11 Å². The Morgan fingerprint density at radius 2 is 1.74 bits per heavy atom. The van der Waals surface area contributed by atoms with Gasteiger partial charge in [0.05, 0.1) is 0 Å². The van der Waals surface area contributed by atoms with Gasteiger partial charge in [-0.3, -0.25) is 4.99 Å². The average molecular weight is 468 g/mol. The maximum Gasteiger partial charge on any atom is 0.157 e. The van der Waals surface area contributed by atoms with Crippen molar-refractivity contribution < 1.29 is 5.11 Å². The zero-order valence-electron chi connectivity index (χ0n) is 18.7. The molecule has 0 bridgehead atoms. The van der Waals surface area contributed by atoms with Crippen molar-refractivity contribution in [3.63, 3.8) is 0 Å². The standard InChI is InChI=1S/C29H26ClN3O/c30-25-16-17-27(34)26(20-25)22-12-14-23(15-13-22)28(31)33-29(24-10-6-3-7-11-24)32-19-18-21-8-4-1-2-5-9-21/h1,3-17,20,34H,2,18-19H2,(H2,31,32,33). The van der Waals surface area contributed by atoms with E-state index in [2.05, 4.69) is 35.4 Å². The molecule has 0 fully saturated rings. The van der Waals surface area contributed by atoms with Crippen LogP contribution in [0.25, 0.3) is 11.1 Å². The van der Waals surface area contributed by atoms with Gasteiger partial charge in [0.15, 0.2) is 5.84 Å². The first kappa shape index (κ1) is 23.3. The van der Waals surface area contributed by atoms with Crippen LogP contribution in [0, 0.1) is 0 Å². The van der Waals surface area contributed by atoms with Crippen LogP contribution in [0.5, 0.6) is 5.75 Å². The van der Waals surface area contributed by atoms with Gasteiger partial charge in [-0.15, -0.1) is 0 Å². The molecule has 3 aromatic rings. The lowest BCUT2D eigenvalue weighted by Crippen LogP contribution is -2.16. The number of amidine groups is 2. The molecule has 4 nitrogen and oxygen atoms in total. The molecule has 3 aromatic carbocycles. The van der Waals surface area contributed by atoms with Crippen LogP contribution in [0.4, 0.5) is 0 Å². The second-order valence-corrected chi connectivity index (χ2v) is 8.30. The number of benzene rings is 3. The lowest BCUT2D eigenvalue weighted by Gasteiger charge is -2.08. The molecule has 3 N–H and O–H groups in total. The Morgan fingerprint density at radius 1 is 0.941 bits per heavy atom. The zero-order chi connectivity index (χ0) is 23.8. The fourth-order valence-electron chi connectivity index (χ4n) is 3.60. The predicted molar refractivity (Wildman–Crippen MR) is 143 cm³/mol. The lowest BCUT2D eigenvalue weighted by atomic mass is 10.0. The number of rotatable bonds is 6. The number of allylic oxidation sites excluding steroid dienone is 5. The van der Waals surface area contributed by atoms with E-state index in [1.165, 1.54) is 5.57 Å². The van der Waals surface area contributed by atoms with Gasteiger partial charge in [0.2, 0.25) is 0 Å². The van der Waals surface area contributed by atoms with Crippen LogP contribution >= 0.6 is 11.6 Å². The zero-order valence-corrected chi connectivity index (χ0v) is 19.5. The van der Waals surface area contributed by atoms with Gasteiger partial charge in [-0.05, 0) is 42.2 Å². The van der Waals surface area contributed by atoms with Gasteiger partial charge in [-0.25, -0.2) is 4.99 Å². The van der Waals surface area contributed by atoms with Crippen molar-refractivity contribution in [3.05, 3.63) is 125 Å². The number of nitrogens with two attached hydrogens (primary N) is 1. The Hall–Kier alpha value is -3.89. The minimum atomic E-state index is 0.173. The number of hydrogen-bond donors (Lipinski definition) is 2. The molecule has 0 saturated carbocycles. The second-order valence-electron chi connectivity index (χ2n) is 7.87. The molecule has 0 spiro atoms. The number of nitrogens with zero attached hydrogens (tertiary/aromatic N) is 2. The second kappa shape index (κ2) is 11.3. The molecule has 0 aromatic heterocycles. The molecule has 0 aliphatic heterocycles. The van der Waals surface area contributed by atoms with Gasteiger partial charge < -0.3 is 10.8 Å². The molecule has 0 atom stereocenters. The molecule has 0 heterocycles. The molecule has 1 aliphatic rings. The van der Waals surface area contributed by atoms with E-state index in [-0.39, 0.29) is 5.75 Å². The van der Waals surface area contributed by atoms with Gasteiger partial charge in [0, 0.05) is 28.3 Å². The summed E-state index contributed by atoms with van der Waals surface area (Å²) >= 11 is 6.09. The number of phenols is 1. The minimum absolute atomic E-state index is 0.173. The molecule has 0 amide bonds. The topological polar surface area (TPSA) is 71.0 Å². The van der Waals surface area contributed by atoms with Gasteiger partial charge in [0.1, 0.15) is 11.6 Å². The van der Waals surface area contributed by atoms with Gasteiger partial charge in [0.25, 0.3) is 0 Å². The average Bonchev–Trinajstić information content (AvgIpc) is 3.14. The summed E-state index contributed by atoms with van der Waals surface area (Å²) in [7, 11) is 0. The van der Waals surface area contributed by atoms with E-state index in [1.807, 2.05) is 54.6 Å². The summed E-state index contributed by atoms with van der Waals surface area (Å²) in [5.74, 6) is 1.15. The van der Waals surface area contributed by atoms with E-state index in [1.54, 1.807) is 18.2 Å².